The maximum absolute atomic E-state index is 14.0. The number of hydrogen-bond donors (Lipinski definition) is 2. The van der Waals surface area contributed by atoms with Crippen molar-refractivity contribution in [3.8, 4) is 5.69 Å². The van der Waals surface area contributed by atoms with E-state index < -0.39 is 17.4 Å². The van der Waals surface area contributed by atoms with Gasteiger partial charge in [0.2, 0.25) is 11.9 Å². The molecule has 3 aromatic rings. The number of carbonyl (C=O) groups excluding carboxylic acids is 1. The van der Waals surface area contributed by atoms with Crippen molar-refractivity contribution in [2.75, 3.05) is 55.6 Å². The highest BCUT2D eigenvalue weighted by Crippen LogP contribution is 2.35. The molecule has 2 aromatic heterocycles. The van der Waals surface area contributed by atoms with Crippen LogP contribution in [0.5, 0.6) is 0 Å². The second-order valence-electron chi connectivity index (χ2n) is 9.85. The Balaban J connectivity index is 0.000000467. The Morgan fingerprint density at radius 3 is 2.19 bits per heavy atom. The lowest BCUT2D eigenvalue weighted by atomic mass is 10.1. The zero-order valence-electron chi connectivity index (χ0n) is 24.7. The summed E-state index contributed by atoms with van der Waals surface area (Å²) in [6.07, 6.45) is -3.49. The number of nitrogens with two attached hydrogens (primary N) is 2. The van der Waals surface area contributed by atoms with Crippen molar-refractivity contribution in [3.63, 3.8) is 0 Å². The van der Waals surface area contributed by atoms with E-state index in [0.29, 0.717) is 29.3 Å². The van der Waals surface area contributed by atoms with Crippen molar-refractivity contribution >= 4 is 34.3 Å². The molecular formula is C29H39F3N8O2. The molecule has 0 unspecified atom stereocenters. The lowest BCUT2D eigenvalue weighted by molar-refractivity contribution is -0.142. The van der Waals surface area contributed by atoms with Crippen LogP contribution in [0, 0.1) is 6.92 Å². The second kappa shape index (κ2) is 13.2. The highest BCUT2D eigenvalue weighted by Gasteiger charge is 2.38. The van der Waals surface area contributed by atoms with Crippen molar-refractivity contribution in [3.05, 3.63) is 58.5 Å². The summed E-state index contributed by atoms with van der Waals surface area (Å²) < 4.78 is 42.6. The number of aromatic nitrogens is 3. The van der Waals surface area contributed by atoms with E-state index in [1.165, 1.54) is 12.1 Å². The molecule has 0 saturated carbocycles. The highest BCUT2D eigenvalue weighted by molar-refractivity contribution is 5.89. The fraction of sp³-hybridized carbons (Fsp3) is 0.448. The highest BCUT2D eigenvalue weighted by atomic mass is 19.4. The van der Waals surface area contributed by atoms with Crippen molar-refractivity contribution < 1.29 is 18.0 Å². The number of rotatable bonds is 8. The van der Waals surface area contributed by atoms with Gasteiger partial charge in [-0.3, -0.25) is 19.1 Å². The summed E-state index contributed by atoms with van der Waals surface area (Å²) in [6, 6.07) is 5.79. The van der Waals surface area contributed by atoms with Crippen molar-refractivity contribution in [2.24, 2.45) is 0 Å². The van der Waals surface area contributed by atoms with E-state index in [4.69, 9.17) is 11.5 Å². The van der Waals surface area contributed by atoms with Gasteiger partial charge in [0.25, 0.3) is 5.56 Å². The van der Waals surface area contributed by atoms with Gasteiger partial charge in [0.15, 0.2) is 0 Å². The fourth-order valence-electron chi connectivity index (χ4n) is 5.01. The number of hydrogen-bond acceptors (Lipinski definition) is 8. The summed E-state index contributed by atoms with van der Waals surface area (Å²) in [4.78, 5) is 38.6. The Bertz CT molecular complexity index is 1470. The van der Waals surface area contributed by atoms with Gasteiger partial charge in [0.05, 0.1) is 16.8 Å². The third-order valence-corrected chi connectivity index (χ3v) is 7.40. The minimum absolute atomic E-state index is 0.0139. The van der Waals surface area contributed by atoms with Gasteiger partial charge in [0, 0.05) is 32.2 Å². The molecule has 1 amide bonds. The van der Waals surface area contributed by atoms with E-state index in [0.717, 1.165) is 32.2 Å². The molecule has 0 spiro atoms. The molecule has 1 aliphatic heterocycles. The Labute approximate surface area is 243 Å². The van der Waals surface area contributed by atoms with Crippen LogP contribution >= 0.6 is 0 Å². The summed E-state index contributed by atoms with van der Waals surface area (Å²) in [5, 5.41) is -0.139. The van der Waals surface area contributed by atoms with Crippen LogP contribution in [0.2, 0.25) is 0 Å². The van der Waals surface area contributed by atoms with Crippen molar-refractivity contribution in [2.45, 2.75) is 46.8 Å². The summed E-state index contributed by atoms with van der Waals surface area (Å²) in [6.45, 7) is 17.7. The third-order valence-electron chi connectivity index (χ3n) is 7.40. The number of fused-ring (bicyclic) bond motifs is 1. The number of nitrogen functional groups attached to an aromatic ring is 2. The number of halogens is 3. The number of para-hydroxylation sites is 1. The van der Waals surface area contributed by atoms with Gasteiger partial charge in [-0.15, -0.1) is 0 Å². The van der Waals surface area contributed by atoms with Gasteiger partial charge in [-0.2, -0.15) is 18.2 Å². The van der Waals surface area contributed by atoms with Gasteiger partial charge in [-0.1, -0.05) is 32.6 Å². The average Bonchev–Trinajstić information content (AvgIpc) is 2.91. The molecule has 3 heterocycles. The molecule has 4 rings (SSSR count). The number of amides is 1. The zero-order valence-corrected chi connectivity index (χ0v) is 24.7. The molecule has 13 heteroatoms. The fourth-order valence-corrected chi connectivity index (χ4v) is 5.01. The van der Waals surface area contributed by atoms with Gasteiger partial charge in [-0.05, 0) is 57.6 Å². The van der Waals surface area contributed by atoms with Crippen molar-refractivity contribution in [1.82, 2.24) is 24.3 Å². The lowest BCUT2D eigenvalue weighted by Gasteiger charge is -2.44. The smallest absolute Gasteiger partial charge is 0.397 e. The van der Waals surface area contributed by atoms with Crippen LogP contribution in [0.3, 0.4) is 0 Å². The first-order valence-corrected chi connectivity index (χ1v) is 13.9. The first kappa shape index (κ1) is 32.4. The number of nitrogens with zero attached hydrogens (tertiary/aromatic N) is 6. The number of benzene rings is 1. The van der Waals surface area contributed by atoms with Crippen LogP contribution in [0.15, 0.2) is 41.7 Å². The normalized spacial score (nSPS) is 13.5. The number of anilines is 3. The monoisotopic (exact) mass is 588 g/mol. The molecule has 0 radical (unpaired) electrons. The summed E-state index contributed by atoms with van der Waals surface area (Å²) >= 11 is 0. The van der Waals surface area contributed by atoms with E-state index in [1.54, 1.807) is 24.0 Å². The van der Waals surface area contributed by atoms with E-state index in [9.17, 15) is 22.8 Å². The Kier molecular flexibility index (Phi) is 10.2. The van der Waals surface area contributed by atoms with E-state index >= 15 is 0 Å². The quantitative estimate of drug-likeness (QED) is 0.300. The topological polar surface area (TPSA) is 127 Å². The molecule has 1 fully saturated rings. The number of carbonyl (C=O) groups is 1. The first-order chi connectivity index (χ1) is 19.8. The van der Waals surface area contributed by atoms with Crippen LogP contribution in [0.25, 0.3) is 16.6 Å². The predicted octanol–water partition coefficient (Wildman–Crippen LogP) is 3.84. The van der Waals surface area contributed by atoms with Gasteiger partial charge < -0.3 is 21.3 Å². The van der Waals surface area contributed by atoms with E-state index in [1.807, 2.05) is 18.7 Å². The van der Waals surface area contributed by atoms with E-state index in [2.05, 4.69) is 35.3 Å². The maximum Gasteiger partial charge on any atom is 0.431 e. The van der Waals surface area contributed by atoms with E-state index in [-0.39, 0.29) is 40.0 Å². The van der Waals surface area contributed by atoms with Crippen LogP contribution in [0.1, 0.15) is 39.0 Å². The molecular weight excluding hydrogens is 549 g/mol. The van der Waals surface area contributed by atoms with Crippen LogP contribution in [-0.4, -0.2) is 75.6 Å². The predicted molar refractivity (Wildman–Crippen MR) is 161 cm³/mol. The standard InChI is InChI=1S/C22H26F3N7O.C7H13NO/c1-4-30(5-2)13-10-31(11-13)21-28-17-14(19(27)29-21)9-16(22(23,24)25)32(20(17)33)18-12(3)7-6-8-15(18)26;1-4-7(9)8(5-2)6-3/h6-9,13H,4-5,10-11,26H2,1-3H3,(H2,27,28,29);4H,1,5-6H2,2-3H3. The lowest BCUT2D eigenvalue weighted by Crippen LogP contribution is -2.60. The zero-order chi connectivity index (χ0) is 31.4. The van der Waals surface area contributed by atoms with Crippen LogP contribution in [-0.2, 0) is 11.0 Å². The number of likely N-dealkylation sites (N-methyl/N-ethyl adjacent to an activating group) is 2. The molecule has 0 bridgehead atoms. The number of alkyl halides is 3. The minimum atomic E-state index is -4.83. The summed E-state index contributed by atoms with van der Waals surface area (Å²) in [5.74, 6) is 0.0679. The number of pyridine rings is 1. The summed E-state index contributed by atoms with van der Waals surface area (Å²) in [7, 11) is 0. The molecule has 42 heavy (non-hydrogen) atoms. The van der Waals surface area contributed by atoms with Gasteiger partial charge in [0.1, 0.15) is 17.0 Å². The molecule has 228 valence electrons. The molecule has 0 atom stereocenters. The Morgan fingerprint density at radius 2 is 1.71 bits per heavy atom. The van der Waals surface area contributed by atoms with Crippen molar-refractivity contribution in [1.29, 1.82) is 0 Å². The third kappa shape index (κ3) is 6.51. The molecule has 1 aromatic carbocycles. The molecule has 0 aliphatic carbocycles. The van der Waals surface area contributed by atoms with Crippen LogP contribution < -0.4 is 21.9 Å². The number of aryl methyl sites for hydroxylation is 1. The Morgan fingerprint density at radius 1 is 1.10 bits per heavy atom. The molecule has 10 nitrogen and oxygen atoms in total. The van der Waals surface area contributed by atoms with Gasteiger partial charge in [-0.25, -0.2) is 4.98 Å². The minimum Gasteiger partial charge on any atom is -0.397 e. The SMILES string of the molecule is C=CC(=O)N(CC)CC.CCN(CC)C1CN(c2nc(N)c3cc(C(F)(F)F)n(-c4c(C)cccc4N)c(=O)c3n2)C1. The average molecular weight is 589 g/mol. The molecule has 4 N–H and O–H groups in total. The Hall–Kier alpha value is -4.13. The maximum atomic E-state index is 14.0. The van der Waals surface area contributed by atoms with Crippen LogP contribution in [0.4, 0.5) is 30.6 Å². The largest absolute Gasteiger partial charge is 0.431 e. The summed E-state index contributed by atoms with van der Waals surface area (Å²) in [5.41, 5.74) is 10.1. The second-order valence-corrected chi connectivity index (χ2v) is 9.85. The van der Waals surface area contributed by atoms with Gasteiger partial charge >= 0.3 is 6.18 Å². The first-order valence-electron chi connectivity index (χ1n) is 13.9. The molecule has 1 aliphatic rings. The molecule has 1 saturated heterocycles.